The molecular formula is C19H39Cl2N3O2. The number of nitrogens with one attached hydrogen (secondary N) is 2. The van der Waals surface area contributed by atoms with Crippen molar-refractivity contribution in [3.63, 3.8) is 0 Å². The lowest BCUT2D eigenvalue weighted by Gasteiger charge is -2.45. The lowest BCUT2D eigenvalue weighted by molar-refractivity contribution is -0.124. The summed E-state index contributed by atoms with van der Waals surface area (Å²) in [5, 5.41) is 6.58. The molecular weight excluding hydrogens is 373 g/mol. The van der Waals surface area contributed by atoms with Crippen LogP contribution in [0, 0.1) is 11.8 Å². The molecule has 0 aromatic rings. The molecule has 0 aromatic carbocycles. The lowest BCUT2D eigenvalue weighted by Crippen LogP contribution is -2.58. The van der Waals surface area contributed by atoms with Gasteiger partial charge in [0.1, 0.15) is 0 Å². The fraction of sp³-hybridized carbons (Fsp3) is 0.947. The normalized spacial score (nSPS) is 26.3. The monoisotopic (exact) mass is 411 g/mol. The van der Waals surface area contributed by atoms with Crippen LogP contribution in [0.15, 0.2) is 0 Å². The summed E-state index contributed by atoms with van der Waals surface area (Å²) >= 11 is 0. The molecule has 2 fully saturated rings. The number of hydrogen-bond donors (Lipinski definition) is 2. The average molecular weight is 412 g/mol. The Morgan fingerprint density at radius 2 is 1.73 bits per heavy atom. The maximum Gasteiger partial charge on any atom is 0.220 e. The van der Waals surface area contributed by atoms with Gasteiger partial charge in [0.05, 0.1) is 12.2 Å². The molecule has 0 aromatic heterocycles. The largest absolute Gasteiger partial charge is 0.373 e. The van der Waals surface area contributed by atoms with E-state index in [4.69, 9.17) is 4.74 Å². The van der Waals surface area contributed by atoms with Gasteiger partial charge >= 0.3 is 0 Å². The number of rotatable bonds is 6. The molecule has 3 atom stereocenters. The summed E-state index contributed by atoms with van der Waals surface area (Å²) in [6.07, 6.45) is 3.55. The second-order valence-electron chi connectivity index (χ2n) is 8.52. The highest BCUT2D eigenvalue weighted by Crippen LogP contribution is 2.24. The van der Waals surface area contributed by atoms with Crippen molar-refractivity contribution in [1.29, 1.82) is 0 Å². The van der Waals surface area contributed by atoms with Crippen LogP contribution in [0.5, 0.6) is 0 Å². The van der Waals surface area contributed by atoms with E-state index in [-0.39, 0.29) is 48.5 Å². The van der Waals surface area contributed by atoms with Crippen molar-refractivity contribution in [2.45, 2.75) is 71.6 Å². The van der Waals surface area contributed by atoms with E-state index in [0.717, 1.165) is 26.2 Å². The second-order valence-corrected chi connectivity index (χ2v) is 8.52. The first kappa shape index (κ1) is 25.9. The van der Waals surface area contributed by atoms with Gasteiger partial charge in [0.25, 0.3) is 0 Å². The fourth-order valence-electron chi connectivity index (χ4n) is 4.04. The van der Waals surface area contributed by atoms with Crippen LogP contribution in [0.2, 0.25) is 0 Å². The summed E-state index contributed by atoms with van der Waals surface area (Å²) in [7, 11) is 0. The van der Waals surface area contributed by atoms with Crippen molar-refractivity contribution < 1.29 is 9.53 Å². The Balaban J connectivity index is 0.00000312. The number of morpholine rings is 1. The molecule has 2 rings (SSSR count). The number of nitrogens with zero attached hydrogens (tertiary/aromatic N) is 1. The lowest BCUT2D eigenvalue weighted by atomic mass is 9.84. The predicted molar refractivity (Wildman–Crippen MR) is 113 cm³/mol. The first-order valence-electron chi connectivity index (χ1n) is 9.66. The van der Waals surface area contributed by atoms with Crippen molar-refractivity contribution in [2.75, 3.05) is 32.7 Å². The zero-order valence-electron chi connectivity index (χ0n) is 17.0. The number of carbonyl (C=O) groups is 1. The van der Waals surface area contributed by atoms with Gasteiger partial charge in [0, 0.05) is 31.6 Å². The van der Waals surface area contributed by atoms with E-state index in [1.807, 2.05) is 0 Å². The Morgan fingerprint density at radius 3 is 2.27 bits per heavy atom. The highest BCUT2D eigenvalue weighted by Gasteiger charge is 2.33. The van der Waals surface area contributed by atoms with Gasteiger partial charge in [-0.15, -0.1) is 24.8 Å². The van der Waals surface area contributed by atoms with Gasteiger partial charge < -0.3 is 15.4 Å². The highest BCUT2D eigenvalue weighted by molar-refractivity contribution is 5.85. The first-order chi connectivity index (χ1) is 11.3. The standard InChI is InChI=1S/C19H37N3O2.2ClH/c1-14(17-6-8-20-9-7-17)10-18(23)21-13-19(4,5)22-11-15(2)24-16(3)12-22;;/h14-17,20H,6-13H2,1-5H3,(H,21,23);2*1H. The zero-order chi connectivity index (χ0) is 17.7. The Labute approximate surface area is 172 Å². The van der Waals surface area contributed by atoms with Crippen molar-refractivity contribution in [3.8, 4) is 0 Å². The van der Waals surface area contributed by atoms with E-state index in [1.54, 1.807) is 0 Å². The Bertz CT molecular complexity index is 408. The van der Waals surface area contributed by atoms with E-state index in [2.05, 4.69) is 50.2 Å². The molecule has 26 heavy (non-hydrogen) atoms. The molecule has 2 aliphatic heterocycles. The summed E-state index contributed by atoms with van der Waals surface area (Å²) in [6, 6.07) is 0. The topological polar surface area (TPSA) is 53.6 Å². The molecule has 2 aliphatic rings. The minimum atomic E-state index is -0.0417. The van der Waals surface area contributed by atoms with E-state index in [0.29, 0.717) is 24.8 Å². The van der Waals surface area contributed by atoms with Crippen LogP contribution in [-0.2, 0) is 9.53 Å². The summed E-state index contributed by atoms with van der Waals surface area (Å²) < 4.78 is 5.82. The minimum absolute atomic E-state index is 0. The number of piperidine rings is 1. The van der Waals surface area contributed by atoms with E-state index >= 15 is 0 Å². The van der Waals surface area contributed by atoms with Gasteiger partial charge in [-0.3, -0.25) is 9.69 Å². The number of hydrogen-bond acceptors (Lipinski definition) is 4. The number of amides is 1. The van der Waals surface area contributed by atoms with Crippen molar-refractivity contribution in [3.05, 3.63) is 0 Å². The summed E-state index contributed by atoms with van der Waals surface area (Å²) in [5.74, 6) is 1.35. The van der Waals surface area contributed by atoms with E-state index in [1.165, 1.54) is 12.8 Å². The molecule has 5 nitrogen and oxygen atoms in total. The van der Waals surface area contributed by atoms with Crippen LogP contribution in [0.4, 0.5) is 0 Å². The molecule has 7 heteroatoms. The van der Waals surface area contributed by atoms with Gasteiger partial charge in [-0.2, -0.15) is 0 Å². The Kier molecular flexibility index (Phi) is 11.7. The van der Waals surface area contributed by atoms with Crippen LogP contribution in [-0.4, -0.2) is 61.3 Å². The van der Waals surface area contributed by atoms with Crippen LogP contribution >= 0.6 is 24.8 Å². The molecule has 0 bridgehead atoms. The smallest absolute Gasteiger partial charge is 0.220 e. The highest BCUT2D eigenvalue weighted by atomic mass is 35.5. The zero-order valence-corrected chi connectivity index (χ0v) is 18.7. The van der Waals surface area contributed by atoms with Crippen molar-refractivity contribution >= 4 is 30.7 Å². The first-order valence-corrected chi connectivity index (χ1v) is 9.66. The third-order valence-electron chi connectivity index (χ3n) is 5.69. The maximum absolute atomic E-state index is 12.4. The van der Waals surface area contributed by atoms with Crippen LogP contribution in [0.1, 0.15) is 53.9 Å². The summed E-state index contributed by atoms with van der Waals surface area (Å²) in [6.45, 7) is 15.7. The number of ether oxygens (including phenoxy) is 1. The molecule has 3 unspecified atom stereocenters. The number of carbonyl (C=O) groups excluding carboxylic acids is 1. The van der Waals surface area contributed by atoms with Gasteiger partial charge in [0.15, 0.2) is 0 Å². The molecule has 2 N–H and O–H groups in total. The average Bonchev–Trinajstić information content (AvgIpc) is 2.53. The van der Waals surface area contributed by atoms with Crippen LogP contribution < -0.4 is 10.6 Å². The molecule has 2 heterocycles. The van der Waals surface area contributed by atoms with Crippen LogP contribution in [0.3, 0.4) is 0 Å². The number of halogens is 2. The third kappa shape index (κ3) is 7.89. The molecule has 1 amide bonds. The Hall–Kier alpha value is -0.0700. The summed E-state index contributed by atoms with van der Waals surface area (Å²) in [5.41, 5.74) is -0.0417. The summed E-state index contributed by atoms with van der Waals surface area (Å²) in [4.78, 5) is 14.8. The molecule has 156 valence electrons. The molecule has 0 spiro atoms. The van der Waals surface area contributed by atoms with Crippen LogP contribution in [0.25, 0.3) is 0 Å². The Morgan fingerprint density at radius 1 is 1.19 bits per heavy atom. The van der Waals surface area contributed by atoms with Crippen molar-refractivity contribution in [2.24, 2.45) is 11.8 Å². The maximum atomic E-state index is 12.4. The molecule has 0 saturated carbocycles. The molecule has 2 saturated heterocycles. The third-order valence-corrected chi connectivity index (χ3v) is 5.69. The SMILES string of the molecule is CC1CN(C(C)(C)CNC(=O)CC(C)C2CCNCC2)CC(C)O1.Cl.Cl. The van der Waals surface area contributed by atoms with Gasteiger partial charge in [-0.05, 0) is 65.5 Å². The quantitative estimate of drug-likeness (QED) is 0.705. The minimum Gasteiger partial charge on any atom is -0.373 e. The van der Waals surface area contributed by atoms with Crippen molar-refractivity contribution in [1.82, 2.24) is 15.5 Å². The van der Waals surface area contributed by atoms with E-state index < -0.39 is 0 Å². The van der Waals surface area contributed by atoms with Gasteiger partial charge in [0.2, 0.25) is 5.91 Å². The van der Waals surface area contributed by atoms with E-state index in [9.17, 15) is 4.79 Å². The molecule has 0 radical (unpaired) electrons. The fourth-order valence-corrected chi connectivity index (χ4v) is 4.04. The second kappa shape index (κ2) is 11.7. The molecule has 0 aliphatic carbocycles. The van der Waals surface area contributed by atoms with Gasteiger partial charge in [-0.25, -0.2) is 0 Å². The van der Waals surface area contributed by atoms with Gasteiger partial charge in [-0.1, -0.05) is 6.92 Å². The predicted octanol–water partition coefficient (Wildman–Crippen LogP) is 2.86.